The third-order valence-corrected chi connectivity index (χ3v) is 7.15. The molecule has 11 heteroatoms. The highest BCUT2D eigenvalue weighted by Gasteiger charge is 2.35. The standard InChI is InChI=1S/C27H19ClN4O5S/c1-17-24(26(33)32(31-17)19-12-6-3-7-13-19)29-30-25-21-15-9-8-14-20(21)23(38(28,35)36)16-22(25)37-27(34)18-10-4-2-5-11-18/h2-16,24H,1H3. The molecule has 1 atom stereocenters. The highest BCUT2D eigenvalue weighted by atomic mass is 35.7. The lowest BCUT2D eigenvalue weighted by Gasteiger charge is -2.13. The second-order valence-corrected chi connectivity index (χ2v) is 10.8. The van der Waals surface area contributed by atoms with Gasteiger partial charge < -0.3 is 4.74 Å². The van der Waals surface area contributed by atoms with Gasteiger partial charge in [-0.25, -0.2) is 13.2 Å². The van der Waals surface area contributed by atoms with Gasteiger partial charge in [0, 0.05) is 27.5 Å². The van der Waals surface area contributed by atoms with Gasteiger partial charge in [-0.05, 0) is 31.2 Å². The third kappa shape index (κ3) is 4.91. The summed E-state index contributed by atoms with van der Waals surface area (Å²) >= 11 is 0. The number of hydrogen-bond acceptors (Lipinski definition) is 8. The number of halogens is 1. The van der Waals surface area contributed by atoms with Crippen LogP contribution in [-0.4, -0.2) is 32.0 Å². The predicted octanol–water partition coefficient (Wildman–Crippen LogP) is 5.86. The number of ether oxygens (including phenoxy) is 1. The van der Waals surface area contributed by atoms with Crippen molar-refractivity contribution in [1.82, 2.24) is 0 Å². The Labute approximate surface area is 222 Å². The fourth-order valence-electron chi connectivity index (χ4n) is 3.98. The number of fused-ring (bicyclic) bond motifs is 1. The van der Waals surface area contributed by atoms with E-state index >= 15 is 0 Å². The minimum Gasteiger partial charge on any atom is -0.420 e. The summed E-state index contributed by atoms with van der Waals surface area (Å²) in [7, 11) is 1.49. The first kappa shape index (κ1) is 25.2. The number of hydrazone groups is 1. The van der Waals surface area contributed by atoms with Crippen LogP contribution in [0.15, 0.2) is 111 Å². The number of esters is 1. The smallest absolute Gasteiger partial charge is 0.343 e. The van der Waals surface area contributed by atoms with Crippen LogP contribution < -0.4 is 9.75 Å². The molecular formula is C27H19ClN4O5S. The summed E-state index contributed by atoms with van der Waals surface area (Å²) in [5, 5.41) is 14.7. The topological polar surface area (TPSA) is 118 Å². The SMILES string of the molecule is CC1=NN(c2ccccc2)C(=O)C1N=Nc1c(OC(=O)c2ccccc2)cc(S(=O)(=O)Cl)c2ccccc12. The molecule has 1 unspecified atom stereocenters. The fraction of sp³-hybridized carbons (Fsp3) is 0.0741. The Bertz CT molecular complexity index is 1720. The lowest BCUT2D eigenvalue weighted by atomic mass is 10.1. The van der Waals surface area contributed by atoms with Crippen molar-refractivity contribution in [2.45, 2.75) is 17.9 Å². The van der Waals surface area contributed by atoms with Crippen LogP contribution in [0.5, 0.6) is 5.75 Å². The maximum Gasteiger partial charge on any atom is 0.343 e. The Morgan fingerprint density at radius 1 is 0.947 bits per heavy atom. The second kappa shape index (κ2) is 10.2. The molecule has 0 saturated heterocycles. The van der Waals surface area contributed by atoms with Crippen LogP contribution in [0.3, 0.4) is 0 Å². The number of nitrogens with zero attached hydrogens (tertiary/aromatic N) is 4. The molecule has 0 radical (unpaired) electrons. The Kier molecular flexibility index (Phi) is 6.75. The Balaban J connectivity index is 1.60. The van der Waals surface area contributed by atoms with Gasteiger partial charge in [0.1, 0.15) is 5.69 Å². The summed E-state index contributed by atoms with van der Waals surface area (Å²) in [6.07, 6.45) is 0. The number of amides is 1. The molecule has 5 rings (SSSR count). The van der Waals surface area contributed by atoms with E-state index in [1.807, 2.05) is 6.07 Å². The van der Waals surface area contributed by atoms with E-state index in [4.69, 9.17) is 15.4 Å². The highest BCUT2D eigenvalue weighted by molar-refractivity contribution is 8.14. The Morgan fingerprint density at radius 3 is 2.21 bits per heavy atom. The lowest BCUT2D eigenvalue weighted by molar-refractivity contribution is -0.117. The molecule has 190 valence electrons. The Hall–Kier alpha value is -4.41. The van der Waals surface area contributed by atoms with Crippen LogP contribution in [0.4, 0.5) is 11.4 Å². The molecule has 1 amide bonds. The van der Waals surface area contributed by atoms with E-state index in [1.54, 1.807) is 85.8 Å². The van der Waals surface area contributed by atoms with Crippen molar-refractivity contribution in [3.63, 3.8) is 0 Å². The van der Waals surface area contributed by atoms with Crippen molar-refractivity contribution >= 4 is 59.5 Å². The molecule has 38 heavy (non-hydrogen) atoms. The predicted molar refractivity (Wildman–Crippen MR) is 144 cm³/mol. The Morgan fingerprint density at radius 2 is 1.55 bits per heavy atom. The maximum absolute atomic E-state index is 13.1. The molecule has 0 bridgehead atoms. The molecular weight excluding hydrogens is 528 g/mol. The number of azo groups is 1. The van der Waals surface area contributed by atoms with E-state index in [2.05, 4.69) is 15.3 Å². The van der Waals surface area contributed by atoms with E-state index in [0.717, 1.165) is 6.07 Å². The number of carbonyl (C=O) groups is 2. The number of anilines is 1. The number of carbonyl (C=O) groups excluding carboxylic acids is 2. The van der Waals surface area contributed by atoms with Crippen LogP contribution in [0, 0.1) is 0 Å². The van der Waals surface area contributed by atoms with Crippen LogP contribution in [0.2, 0.25) is 0 Å². The number of benzene rings is 4. The molecule has 0 aromatic heterocycles. The normalized spacial score (nSPS) is 15.7. The van der Waals surface area contributed by atoms with E-state index < -0.39 is 27.0 Å². The van der Waals surface area contributed by atoms with Gasteiger partial charge in [0.25, 0.3) is 15.0 Å². The quantitative estimate of drug-likeness (QED) is 0.130. The molecule has 1 aliphatic heterocycles. The fourth-order valence-corrected chi connectivity index (χ4v) is 5.05. The van der Waals surface area contributed by atoms with Crippen molar-refractivity contribution in [2.75, 3.05) is 5.01 Å². The summed E-state index contributed by atoms with van der Waals surface area (Å²) in [5.41, 5.74) is 1.29. The van der Waals surface area contributed by atoms with E-state index in [0.29, 0.717) is 16.8 Å². The zero-order valence-corrected chi connectivity index (χ0v) is 21.4. The van der Waals surface area contributed by atoms with Crippen LogP contribution in [0.25, 0.3) is 10.8 Å². The van der Waals surface area contributed by atoms with Gasteiger partial charge in [0.2, 0.25) is 0 Å². The highest BCUT2D eigenvalue weighted by Crippen LogP contribution is 2.41. The van der Waals surface area contributed by atoms with Gasteiger partial charge in [-0.2, -0.15) is 20.3 Å². The maximum atomic E-state index is 13.1. The first-order valence-electron chi connectivity index (χ1n) is 11.4. The average Bonchev–Trinajstić information content (AvgIpc) is 3.20. The zero-order valence-electron chi connectivity index (χ0n) is 19.9. The summed E-state index contributed by atoms with van der Waals surface area (Å²) < 4.78 is 30.4. The van der Waals surface area contributed by atoms with Crippen molar-refractivity contribution in [1.29, 1.82) is 0 Å². The second-order valence-electron chi connectivity index (χ2n) is 8.31. The first-order valence-corrected chi connectivity index (χ1v) is 13.7. The molecule has 4 aromatic carbocycles. The minimum atomic E-state index is -4.23. The van der Waals surface area contributed by atoms with Crippen LogP contribution in [-0.2, 0) is 13.8 Å². The largest absolute Gasteiger partial charge is 0.420 e. The number of hydrogen-bond donors (Lipinski definition) is 0. The molecule has 0 fully saturated rings. The summed E-state index contributed by atoms with van der Waals surface area (Å²) in [6.45, 7) is 1.65. The molecule has 1 aliphatic rings. The molecule has 1 heterocycles. The number of para-hydroxylation sites is 1. The van der Waals surface area contributed by atoms with Gasteiger partial charge in [-0.3, -0.25) is 4.79 Å². The average molecular weight is 547 g/mol. The van der Waals surface area contributed by atoms with Crippen molar-refractivity contribution in [2.24, 2.45) is 15.3 Å². The minimum absolute atomic E-state index is 0.0627. The summed E-state index contributed by atoms with van der Waals surface area (Å²) in [6, 6.07) is 23.6. The van der Waals surface area contributed by atoms with E-state index in [-0.39, 0.29) is 27.3 Å². The van der Waals surface area contributed by atoms with E-state index in [1.165, 1.54) is 5.01 Å². The van der Waals surface area contributed by atoms with Gasteiger partial charge in [-0.1, -0.05) is 60.7 Å². The van der Waals surface area contributed by atoms with Crippen LogP contribution >= 0.6 is 10.7 Å². The van der Waals surface area contributed by atoms with Crippen LogP contribution in [0.1, 0.15) is 17.3 Å². The molecule has 0 spiro atoms. The third-order valence-electron chi connectivity index (χ3n) is 5.79. The summed E-state index contributed by atoms with van der Waals surface area (Å²) in [5.74, 6) is -1.33. The first-order chi connectivity index (χ1) is 18.2. The van der Waals surface area contributed by atoms with Gasteiger partial charge in [-0.15, -0.1) is 0 Å². The number of rotatable bonds is 6. The molecule has 0 saturated carbocycles. The van der Waals surface area contributed by atoms with Gasteiger partial charge >= 0.3 is 5.97 Å². The molecule has 9 nitrogen and oxygen atoms in total. The molecule has 0 N–H and O–H groups in total. The van der Waals surface area contributed by atoms with Gasteiger partial charge in [0.05, 0.1) is 21.9 Å². The molecule has 4 aromatic rings. The zero-order chi connectivity index (χ0) is 26.9. The summed E-state index contributed by atoms with van der Waals surface area (Å²) in [4.78, 5) is 25.7. The van der Waals surface area contributed by atoms with E-state index in [9.17, 15) is 18.0 Å². The molecule has 0 aliphatic carbocycles. The van der Waals surface area contributed by atoms with Crippen molar-refractivity contribution in [3.8, 4) is 5.75 Å². The van der Waals surface area contributed by atoms with Crippen molar-refractivity contribution in [3.05, 3.63) is 96.6 Å². The monoisotopic (exact) mass is 546 g/mol. The van der Waals surface area contributed by atoms with Crippen molar-refractivity contribution < 1.29 is 22.7 Å². The van der Waals surface area contributed by atoms with Gasteiger partial charge in [0.15, 0.2) is 11.8 Å². The lowest BCUT2D eigenvalue weighted by Crippen LogP contribution is -2.29.